The van der Waals surface area contributed by atoms with Crippen molar-refractivity contribution in [2.45, 2.75) is 50.7 Å². The second-order valence-electron chi connectivity index (χ2n) is 4.81. The zero-order chi connectivity index (χ0) is 11.4. The van der Waals surface area contributed by atoms with Gasteiger partial charge in [0.05, 0.1) is 12.5 Å². The summed E-state index contributed by atoms with van der Waals surface area (Å²) in [5, 5.41) is 0. The van der Waals surface area contributed by atoms with Crippen LogP contribution < -0.4 is 5.73 Å². The number of amides is 1. The first kappa shape index (κ1) is 11.9. The van der Waals surface area contributed by atoms with Gasteiger partial charge in [0.2, 0.25) is 5.91 Å². The van der Waals surface area contributed by atoms with Crippen molar-refractivity contribution in [1.29, 1.82) is 0 Å². The molecule has 2 heterocycles. The van der Waals surface area contributed by atoms with Crippen LogP contribution in [0.15, 0.2) is 0 Å². The summed E-state index contributed by atoms with van der Waals surface area (Å²) in [5.41, 5.74) is 5.71. The summed E-state index contributed by atoms with van der Waals surface area (Å²) >= 11 is 0. The van der Waals surface area contributed by atoms with Crippen molar-refractivity contribution in [2.24, 2.45) is 5.73 Å². The maximum absolute atomic E-state index is 12.1. The molecule has 2 saturated heterocycles. The average Bonchev–Trinajstić information content (AvgIpc) is 2.81. The minimum absolute atomic E-state index is 0.160. The van der Waals surface area contributed by atoms with Crippen molar-refractivity contribution in [2.75, 3.05) is 19.7 Å². The molecular weight excluding hydrogens is 204 g/mol. The van der Waals surface area contributed by atoms with E-state index in [9.17, 15) is 4.79 Å². The highest BCUT2D eigenvalue weighted by atomic mass is 16.5. The van der Waals surface area contributed by atoms with Gasteiger partial charge in [-0.05, 0) is 32.1 Å². The van der Waals surface area contributed by atoms with E-state index in [1.54, 1.807) is 0 Å². The van der Waals surface area contributed by atoms with Crippen molar-refractivity contribution in [3.05, 3.63) is 0 Å². The highest BCUT2D eigenvalue weighted by molar-refractivity contribution is 5.77. The molecule has 4 heteroatoms. The molecule has 0 spiro atoms. The summed E-state index contributed by atoms with van der Waals surface area (Å²) in [6.45, 7) is 2.29. The first-order valence-corrected chi connectivity index (χ1v) is 6.42. The van der Waals surface area contributed by atoms with Crippen LogP contribution in [0.4, 0.5) is 0 Å². The fourth-order valence-corrected chi connectivity index (χ4v) is 2.69. The van der Waals surface area contributed by atoms with Gasteiger partial charge in [-0.25, -0.2) is 0 Å². The van der Waals surface area contributed by atoms with Gasteiger partial charge in [-0.15, -0.1) is 0 Å². The molecule has 1 amide bonds. The largest absolute Gasteiger partial charge is 0.378 e. The van der Waals surface area contributed by atoms with E-state index in [4.69, 9.17) is 10.5 Å². The predicted molar refractivity (Wildman–Crippen MR) is 62.0 cm³/mol. The van der Waals surface area contributed by atoms with E-state index in [1.165, 1.54) is 6.42 Å². The molecule has 16 heavy (non-hydrogen) atoms. The smallest absolute Gasteiger partial charge is 0.225 e. The van der Waals surface area contributed by atoms with E-state index in [0.717, 1.165) is 38.8 Å². The van der Waals surface area contributed by atoms with Gasteiger partial charge in [0, 0.05) is 25.7 Å². The number of ether oxygens (including phenoxy) is 1. The molecule has 2 aliphatic rings. The Morgan fingerprint density at radius 1 is 1.31 bits per heavy atom. The first-order valence-electron chi connectivity index (χ1n) is 6.42. The Balaban J connectivity index is 1.86. The first-order chi connectivity index (χ1) is 7.81. The maximum atomic E-state index is 12.1. The number of nitrogens with two attached hydrogens (primary N) is 1. The minimum atomic E-state index is 0.160. The molecule has 2 N–H and O–H groups in total. The van der Waals surface area contributed by atoms with Crippen molar-refractivity contribution in [3.63, 3.8) is 0 Å². The summed E-state index contributed by atoms with van der Waals surface area (Å²) in [6, 6.07) is 0.266. The molecule has 0 saturated carbocycles. The summed E-state index contributed by atoms with van der Waals surface area (Å²) in [6.07, 6.45) is 6.22. The molecule has 0 aromatic carbocycles. The van der Waals surface area contributed by atoms with Gasteiger partial charge < -0.3 is 15.4 Å². The lowest BCUT2D eigenvalue weighted by Crippen LogP contribution is -2.48. The molecule has 0 bridgehead atoms. The Labute approximate surface area is 97.1 Å². The van der Waals surface area contributed by atoms with Crippen LogP contribution in [0.3, 0.4) is 0 Å². The molecule has 2 fully saturated rings. The monoisotopic (exact) mass is 226 g/mol. The maximum Gasteiger partial charge on any atom is 0.225 e. The van der Waals surface area contributed by atoms with Crippen molar-refractivity contribution >= 4 is 5.91 Å². The molecule has 0 aromatic rings. The SMILES string of the molecule is NCC1CCCCN1C(=O)CC1CCCO1. The summed E-state index contributed by atoms with van der Waals surface area (Å²) < 4.78 is 5.50. The molecule has 2 rings (SSSR count). The van der Waals surface area contributed by atoms with Gasteiger partial charge in [-0.3, -0.25) is 4.79 Å². The number of carbonyl (C=O) groups excluding carboxylic acids is 1. The van der Waals surface area contributed by atoms with Crippen LogP contribution in [-0.2, 0) is 9.53 Å². The van der Waals surface area contributed by atoms with Crippen LogP contribution in [0.25, 0.3) is 0 Å². The van der Waals surface area contributed by atoms with E-state index in [-0.39, 0.29) is 18.1 Å². The number of hydrogen-bond donors (Lipinski definition) is 1. The number of hydrogen-bond acceptors (Lipinski definition) is 3. The summed E-state index contributed by atoms with van der Waals surface area (Å²) in [5.74, 6) is 0.238. The lowest BCUT2D eigenvalue weighted by atomic mass is 10.0. The molecule has 2 aliphatic heterocycles. The van der Waals surface area contributed by atoms with Crippen LogP contribution in [0, 0.1) is 0 Å². The number of likely N-dealkylation sites (tertiary alicyclic amines) is 1. The van der Waals surface area contributed by atoms with Crippen molar-refractivity contribution in [3.8, 4) is 0 Å². The normalized spacial score (nSPS) is 30.7. The quantitative estimate of drug-likeness (QED) is 0.777. The number of nitrogens with zero attached hydrogens (tertiary/aromatic N) is 1. The Morgan fingerprint density at radius 3 is 2.88 bits per heavy atom. The van der Waals surface area contributed by atoms with Crippen molar-refractivity contribution < 1.29 is 9.53 Å². The molecule has 4 nitrogen and oxygen atoms in total. The Hall–Kier alpha value is -0.610. The van der Waals surface area contributed by atoms with Crippen molar-refractivity contribution in [1.82, 2.24) is 4.90 Å². The Kier molecular flexibility index (Phi) is 4.18. The number of rotatable bonds is 3. The molecule has 2 unspecified atom stereocenters. The summed E-state index contributed by atoms with van der Waals surface area (Å²) in [7, 11) is 0. The molecular formula is C12H22N2O2. The average molecular weight is 226 g/mol. The number of piperidine rings is 1. The van der Waals surface area contributed by atoms with Gasteiger partial charge in [0.1, 0.15) is 0 Å². The van der Waals surface area contributed by atoms with Crippen LogP contribution >= 0.6 is 0 Å². The van der Waals surface area contributed by atoms with Crippen LogP contribution in [-0.4, -0.2) is 42.6 Å². The van der Waals surface area contributed by atoms with E-state index >= 15 is 0 Å². The van der Waals surface area contributed by atoms with Crippen LogP contribution in [0.1, 0.15) is 38.5 Å². The van der Waals surface area contributed by atoms with Crippen LogP contribution in [0.2, 0.25) is 0 Å². The van der Waals surface area contributed by atoms with E-state index in [1.807, 2.05) is 4.90 Å². The molecule has 92 valence electrons. The summed E-state index contributed by atoms with van der Waals surface area (Å²) in [4.78, 5) is 14.1. The fraction of sp³-hybridized carbons (Fsp3) is 0.917. The topological polar surface area (TPSA) is 55.6 Å². The molecule has 2 atom stereocenters. The highest BCUT2D eigenvalue weighted by Gasteiger charge is 2.28. The lowest BCUT2D eigenvalue weighted by Gasteiger charge is -2.35. The van der Waals surface area contributed by atoms with E-state index < -0.39 is 0 Å². The molecule has 0 aromatic heterocycles. The second-order valence-corrected chi connectivity index (χ2v) is 4.81. The van der Waals surface area contributed by atoms with E-state index in [2.05, 4.69) is 0 Å². The second kappa shape index (κ2) is 5.64. The van der Waals surface area contributed by atoms with Gasteiger partial charge in [0.15, 0.2) is 0 Å². The standard InChI is InChI=1S/C12H22N2O2/c13-9-10-4-1-2-6-14(10)12(15)8-11-5-3-7-16-11/h10-11H,1-9,13H2. The Morgan fingerprint density at radius 2 is 2.19 bits per heavy atom. The third-order valence-electron chi connectivity index (χ3n) is 3.65. The third kappa shape index (κ3) is 2.74. The molecule has 0 radical (unpaired) electrons. The van der Waals surface area contributed by atoms with Gasteiger partial charge >= 0.3 is 0 Å². The van der Waals surface area contributed by atoms with Gasteiger partial charge in [0.25, 0.3) is 0 Å². The highest BCUT2D eigenvalue weighted by Crippen LogP contribution is 2.21. The Bertz CT molecular complexity index is 239. The predicted octanol–water partition coefficient (Wildman–Crippen LogP) is 0.895. The fourth-order valence-electron chi connectivity index (χ4n) is 2.69. The zero-order valence-electron chi connectivity index (χ0n) is 9.86. The number of carbonyl (C=O) groups is 1. The third-order valence-corrected chi connectivity index (χ3v) is 3.65. The van der Waals surface area contributed by atoms with E-state index in [0.29, 0.717) is 13.0 Å². The van der Waals surface area contributed by atoms with Gasteiger partial charge in [-0.1, -0.05) is 0 Å². The van der Waals surface area contributed by atoms with Crippen LogP contribution in [0.5, 0.6) is 0 Å². The minimum Gasteiger partial charge on any atom is -0.378 e. The molecule has 0 aliphatic carbocycles. The van der Waals surface area contributed by atoms with Gasteiger partial charge in [-0.2, -0.15) is 0 Å². The lowest BCUT2D eigenvalue weighted by molar-refractivity contribution is -0.136. The zero-order valence-corrected chi connectivity index (χ0v) is 9.86.